The van der Waals surface area contributed by atoms with E-state index >= 15 is 0 Å². The summed E-state index contributed by atoms with van der Waals surface area (Å²) in [5, 5.41) is 0.879. The quantitative estimate of drug-likeness (QED) is 0.461. The topological polar surface area (TPSA) is 51.9 Å². The van der Waals surface area contributed by atoms with Crippen molar-refractivity contribution in [3.63, 3.8) is 0 Å². The van der Waals surface area contributed by atoms with Gasteiger partial charge < -0.3 is 13.9 Å². The zero-order valence-electron chi connectivity index (χ0n) is 16.6. The van der Waals surface area contributed by atoms with E-state index in [0.717, 1.165) is 34.6 Å². The normalized spacial score (nSPS) is 13.6. The molecule has 0 aliphatic carbocycles. The van der Waals surface area contributed by atoms with Crippen LogP contribution in [0.3, 0.4) is 0 Å². The van der Waals surface area contributed by atoms with Gasteiger partial charge in [0, 0.05) is 18.5 Å². The molecule has 5 heteroatoms. The summed E-state index contributed by atoms with van der Waals surface area (Å²) in [5.41, 5.74) is 3.68. The van der Waals surface area contributed by atoms with Crippen LogP contribution in [0.5, 0.6) is 11.5 Å². The van der Waals surface area contributed by atoms with Gasteiger partial charge >= 0.3 is 5.63 Å². The standard InChI is InChI=1S/C25H21NO4/c1-28-20-10-7-18(8-11-20)21-13-19-9-12-23-22(24(19)30-25(21)27)15-26(16-29-23)14-17-5-3-2-4-6-17/h2-13H,14-16H2,1H3. The van der Waals surface area contributed by atoms with E-state index in [4.69, 9.17) is 13.9 Å². The first-order valence-corrected chi connectivity index (χ1v) is 9.84. The molecule has 1 aromatic heterocycles. The molecular formula is C25H21NO4. The molecule has 0 unspecified atom stereocenters. The molecule has 1 aliphatic heterocycles. The zero-order chi connectivity index (χ0) is 20.5. The first-order chi connectivity index (χ1) is 14.7. The Labute approximate surface area is 174 Å². The lowest BCUT2D eigenvalue weighted by Crippen LogP contribution is -2.31. The molecule has 0 N–H and O–H groups in total. The van der Waals surface area contributed by atoms with Crippen LogP contribution in [0.1, 0.15) is 11.1 Å². The molecule has 0 radical (unpaired) electrons. The molecule has 0 saturated carbocycles. The van der Waals surface area contributed by atoms with Gasteiger partial charge in [-0.05, 0) is 41.5 Å². The molecule has 0 amide bonds. The molecule has 0 saturated heterocycles. The van der Waals surface area contributed by atoms with Gasteiger partial charge in [0.05, 0.1) is 18.2 Å². The molecule has 2 heterocycles. The van der Waals surface area contributed by atoms with E-state index in [2.05, 4.69) is 17.0 Å². The summed E-state index contributed by atoms with van der Waals surface area (Å²) in [6.07, 6.45) is 0. The van der Waals surface area contributed by atoms with Crippen LogP contribution in [0.15, 0.2) is 82.0 Å². The van der Waals surface area contributed by atoms with E-state index in [9.17, 15) is 4.79 Å². The molecule has 1 aliphatic rings. The SMILES string of the molecule is COc1ccc(-c2cc3ccc4c(c3oc2=O)CN(Cc2ccccc2)CO4)cc1. The average molecular weight is 399 g/mol. The van der Waals surface area contributed by atoms with E-state index < -0.39 is 0 Å². The number of ether oxygens (including phenoxy) is 2. The zero-order valence-corrected chi connectivity index (χ0v) is 16.6. The number of nitrogens with zero attached hydrogens (tertiary/aromatic N) is 1. The summed E-state index contributed by atoms with van der Waals surface area (Å²) < 4.78 is 17.0. The van der Waals surface area contributed by atoms with Gasteiger partial charge in [0.2, 0.25) is 0 Å². The first kappa shape index (κ1) is 18.5. The smallest absolute Gasteiger partial charge is 0.344 e. The Hall–Kier alpha value is -3.57. The van der Waals surface area contributed by atoms with Gasteiger partial charge in [0.15, 0.2) is 0 Å². The maximum atomic E-state index is 12.8. The third kappa shape index (κ3) is 3.44. The molecule has 0 fully saturated rings. The Bertz CT molecular complexity index is 1250. The summed E-state index contributed by atoms with van der Waals surface area (Å²) in [4.78, 5) is 15.0. The van der Waals surface area contributed by atoms with Crippen LogP contribution in [-0.4, -0.2) is 18.7 Å². The first-order valence-electron chi connectivity index (χ1n) is 9.84. The number of hydrogen-bond acceptors (Lipinski definition) is 5. The van der Waals surface area contributed by atoms with Gasteiger partial charge in [-0.25, -0.2) is 4.79 Å². The van der Waals surface area contributed by atoms with Crippen LogP contribution in [0.2, 0.25) is 0 Å². The number of benzene rings is 3. The van der Waals surface area contributed by atoms with E-state index in [1.807, 2.05) is 60.7 Å². The minimum absolute atomic E-state index is 0.360. The van der Waals surface area contributed by atoms with Crippen molar-refractivity contribution < 1.29 is 13.9 Å². The van der Waals surface area contributed by atoms with Gasteiger partial charge in [-0.3, -0.25) is 4.90 Å². The van der Waals surface area contributed by atoms with Gasteiger partial charge in [0.25, 0.3) is 0 Å². The number of rotatable bonds is 4. The fourth-order valence-corrected chi connectivity index (χ4v) is 3.85. The molecule has 30 heavy (non-hydrogen) atoms. The third-order valence-electron chi connectivity index (χ3n) is 5.40. The van der Waals surface area contributed by atoms with E-state index in [1.54, 1.807) is 7.11 Å². The Morgan fingerprint density at radius 3 is 2.57 bits per heavy atom. The van der Waals surface area contributed by atoms with E-state index in [1.165, 1.54) is 5.56 Å². The van der Waals surface area contributed by atoms with Crippen LogP contribution in [0.4, 0.5) is 0 Å². The third-order valence-corrected chi connectivity index (χ3v) is 5.40. The van der Waals surface area contributed by atoms with Crippen molar-refractivity contribution in [2.24, 2.45) is 0 Å². The number of fused-ring (bicyclic) bond motifs is 3. The maximum Gasteiger partial charge on any atom is 0.344 e. The van der Waals surface area contributed by atoms with Crippen LogP contribution in [0, 0.1) is 0 Å². The average Bonchev–Trinajstić information content (AvgIpc) is 2.79. The highest BCUT2D eigenvalue weighted by Crippen LogP contribution is 2.33. The predicted molar refractivity (Wildman–Crippen MR) is 116 cm³/mol. The highest BCUT2D eigenvalue weighted by molar-refractivity contribution is 5.86. The van der Waals surface area contributed by atoms with Crippen molar-refractivity contribution in [3.05, 3.63) is 94.3 Å². The largest absolute Gasteiger partial charge is 0.497 e. The maximum absolute atomic E-state index is 12.8. The van der Waals surface area contributed by atoms with Crippen molar-refractivity contribution in [1.29, 1.82) is 0 Å². The van der Waals surface area contributed by atoms with Gasteiger partial charge in [-0.15, -0.1) is 0 Å². The van der Waals surface area contributed by atoms with Crippen LogP contribution < -0.4 is 15.1 Å². The molecule has 0 spiro atoms. The van der Waals surface area contributed by atoms with Crippen molar-refractivity contribution in [1.82, 2.24) is 4.90 Å². The van der Waals surface area contributed by atoms with Crippen LogP contribution >= 0.6 is 0 Å². The molecule has 5 rings (SSSR count). The highest BCUT2D eigenvalue weighted by atomic mass is 16.5. The van der Waals surface area contributed by atoms with Crippen molar-refractivity contribution >= 4 is 11.0 Å². The Morgan fingerprint density at radius 1 is 1.00 bits per heavy atom. The molecule has 150 valence electrons. The van der Waals surface area contributed by atoms with Crippen molar-refractivity contribution in [2.75, 3.05) is 13.8 Å². The fourth-order valence-electron chi connectivity index (χ4n) is 3.85. The Balaban J connectivity index is 1.51. The molecule has 5 nitrogen and oxygen atoms in total. The number of methoxy groups -OCH3 is 1. The lowest BCUT2D eigenvalue weighted by molar-refractivity contribution is 0.0890. The Morgan fingerprint density at radius 2 is 1.80 bits per heavy atom. The second-order valence-corrected chi connectivity index (χ2v) is 7.38. The molecule has 0 bridgehead atoms. The summed E-state index contributed by atoms with van der Waals surface area (Å²) in [7, 11) is 1.62. The van der Waals surface area contributed by atoms with Gasteiger partial charge in [0.1, 0.15) is 23.8 Å². The summed E-state index contributed by atoms with van der Waals surface area (Å²) >= 11 is 0. The molecular weight excluding hydrogens is 378 g/mol. The number of hydrogen-bond donors (Lipinski definition) is 0. The lowest BCUT2D eigenvalue weighted by Gasteiger charge is -2.29. The molecule has 3 aromatic carbocycles. The van der Waals surface area contributed by atoms with Crippen LogP contribution in [0.25, 0.3) is 22.1 Å². The van der Waals surface area contributed by atoms with E-state index in [0.29, 0.717) is 24.4 Å². The predicted octanol–water partition coefficient (Wildman–Crippen LogP) is 4.82. The van der Waals surface area contributed by atoms with Crippen molar-refractivity contribution in [3.8, 4) is 22.6 Å². The molecule has 0 atom stereocenters. The highest BCUT2D eigenvalue weighted by Gasteiger charge is 2.22. The van der Waals surface area contributed by atoms with Crippen LogP contribution in [-0.2, 0) is 13.1 Å². The Kier molecular flexibility index (Phi) is 4.73. The summed E-state index contributed by atoms with van der Waals surface area (Å²) in [6, 6.07) is 23.4. The van der Waals surface area contributed by atoms with E-state index in [-0.39, 0.29) is 5.63 Å². The second kappa shape index (κ2) is 7.69. The fraction of sp³-hybridized carbons (Fsp3) is 0.160. The minimum atomic E-state index is -0.360. The summed E-state index contributed by atoms with van der Waals surface area (Å²) in [6.45, 7) is 1.93. The second-order valence-electron chi connectivity index (χ2n) is 7.38. The van der Waals surface area contributed by atoms with Crippen molar-refractivity contribution in [2.45, 2.75) is 13.1 Å². The van der Waals surface area contributed by atoms with Gasteiger partial charge in [-0.1, -0.05) is 42.5 Å². The minimum Gasteiger partial charge on any atom is -0.497 e. The molecule has 4 aromatic rings. The lowest BCUT2D eigenvalue weighted by atomic mass is 10.0. The monoisotopic (exact) mass is 399 g/mol. The van der Waals surface area contributed by atoms with Gasteiger partial charge in [-0.2, -0.15) is 0 Å². The summed E-state index contributed by atoms with van der Waals surface area (Å²) in [5.74, 6) is 1.51.